The van der Waals surface area contributed by atoms with E-state index in [-0.39, 0.29) is 16.7 Å². The quantitative estimate of drug-likeness (QED) is 0.409. The highest BCUT2D eigenvalue weighted by atomic mass is 32.1. The van der Waals surface area contributed by atoms with E-state index in [1.807, 2.05) is 0 Å². The molecule has 0 unspecified atom stereocenters. The molecule has 2 rings (SSSR count). The molecule has 27 heavy (non-hydrogen) atoms. The van der Waals surface area contributed by atoms with Gasteiger partial charge in [-0.1, -0.05) is 24.3 Å². The van der Waals surface area contributed by atoms with Crippen molar-refractivity contribution in [2.24, 2.45) is 5.10 Å². The molecule has 0 radical (unpaired) electrons. The van der Waals surface area contributed by atoms with Gasteiger partial charge >= 0.3 is 6.18 Å². The monoisotopic (exact) mass is 394 g/mol. The van der Waals surface area contributed by atoms with Crippen LogP contribution >= 0.6 is 12.2 Å². The number of carbonyl (C=O) groups is 1. The second-order valence-electron chi connectivity index (χ2n) is 5.57. The molecule has 142 valence electrons. The van der Waals surface area contributed by atoms with Crippen LogP contribution in [-0.2, 0) is 11.0 Å². The van der Waals surface area contributed by atoms with Gasteiger partial charge in [0.15, 0.2) is 5.11 Å². The fourth-order valence-corrected chi connectivity index (χ4v) is 2.37. The first-order valence-corrected chi connectivity index (χ1v) is 8.23. The highest BCUT2D eigenvalue weighted by molar-refractivity contribution is 7.80. The molecule has 0 heterocycles. The van der Waals surface area contributed by atoms with Gasteiger partial charge in [-0.3, -0.25) is 10.2 Å². The van der Waals surface area contributed by atoms with E-state index in [2.05, 4.69) is 21.2 Å². The lowest BCUT2D eigenvalue weighted by Gasteiger charge is -2.14. The van der Waals surface area contributed by atoms with E-state index in [0.29, 0.717) is 17.0 Å². The van der Waals surface area contributed by atoms with Gasteiger partial charge in [0, 0.05) is 12.6 Å². The van der Waals surface area contributed by atoms with E-state index < -0.39 is 11.7 Å². The van der Waals surface area contributed by atoms with Gasteiger partial charge in [0.2, 0.25) is 5.91 Å². The molecule has 2 aromatic rings. The molecule has 0 saturated heterocycles. The van der Waals surface area contributed by atoms with Crippen LogP contribution in [0.25, 0.3) is 0 Å². The SMILES string of the molecule is CC(=O)Nc1cccc(/C(C)=N/NC(=S)Nc2ccccc2C(F)(F)F)c1. The number of hydrogen-bond acceptors (Lipinski definition) is 3. The van der Waals surface area contributed by atoms with Crippen LogP contribution < -0.4 is 16.1 Å². The maximum Gasteiger partial charge on any atom is 0.418 e. The minimum absolute atomic E-state index is 0.0796. The standard InChI is InChI=1S/C18H17F3N4OS/c1-11(13-6-5-7-14(10-13)22-12(2)26)24-25-17(27)23-16-9-4-3-8-15(16)18(19,20)21/h3-10H,1-2H3,(H,22,26)(H2,23,25,27)/b24-11+. The molecule has 0 aliphatic carbocycles. The van der Waals surface area contributed by atoms with Crippen molar-refractivity contribution in [3.05, 3.63) is 59.7 Å². The highest BCUT2D eigenvalue weighted by Crippen LogP contribution is 2.34. The van der Waals surface area contributed by atoms with Crippen molar-refractivity contribution in [3.8, 4) is 0 Å². The number of carbonyl (C=O) groups excluding carboxylic acids is 1. The number of nitrogens with one attached hydrogen (secondary N) is 3. The number of para-hydroxylation sites is 1. The predicted octanol–water partition coefficient (Wildman–Crippen LogP) is 4.37. The van der Waals surface area contributed by atoms with Crippen molar-refractivity contribution in [2.45, 2.75) is 20.0 Å². The van der Waals surface area contributed by atoms with Gasteiger partial charge in [-0.25, -0.2) is 0 Å². The van der Waals surface area contributed by atoms with Gasteiger partial charge in [0.1, 0.15) is 0 Å². The first kappa shape index (κ1) is 20.4. The third-order valence-corrected chi connectivity index (χ3v) is 3.60. The molecule has 0 fully saturated rings. The third-order valence-electron chi connectivity index (χ3n) is 3.41. The highest BCUT2D eigenvalue weighted by Gasteiger charge is 2.33. The number of nitrogens with zero attached hydrogens (tertiary/aromatic N) is 1. The topological polar surface area (TPSA) is 65.5 Å². The molecule has 3 N–H and O–H groups in total. The summed E-state index contributed by atoms with van der Waals surface area (Å²) in [7, 11) is 0. The maximum atomic E-state index is 13.0. The summed E-state index contributed by atoms with van der Waals surface area (Å²) in [5.74, 6) is -0.200. The van der Waals surface area contributed by atoms with Crippen molar-refractivity contribution >= 4 is 40.3 Å². The molecule has 0 aromatic heterocycles. The molecule has 0 aliphatic rings. The Balaban J connectivity index is 2.08. The smallest absolute Gasteiger partial charge is 0.331 e. The van der Waals surface area contributed by atoms with Crippen LogP contribution in [0.3, 0.4) is 0 Å². The van der Waals surface area contributed by atoms with Gasteiger partial charge in [-0.05, 0) is 49.0 Å². The lowest BCUT2D eigenvalue weighted by molar-refractivity contribution is -0.136. The normalized spacial score (nSPS) is 11.7. The molecule has 9 heteroatoms. The molecule has 0 saturated carbocycles. The minimum atomic E-state index is -4.50. The van der Waals surface area contributed by atoms with Crippen molar-refractivity contribution in [1.29, 1.82) is 0 Å². The average molecular weight is 394 g/mol. The summed E-state index contributed by atoms with van der Waals surface area (Å²) in [6.07, 6.45) is -4.50. The Morgan fingerprint density at radius 1 is 1.04 bits per heavy atom. The van der Waals surface area contributed by atoms with Crippen LogP contribution in [0.5, 0.6) is 0 Å². The number of thiocarbonyl (C=S) groups is 1. The zero-order valence-corrected chi connectivity index (χ0v) is 15.3. The zero-order valence-electron chi connectivity index (χ0n) is 14.5. The van der Waals surface area contributed by atoms with E-state index in [1.165, 1.54) is 25.1 Å². The van der Waals surface area contributed by atoms with Crippen LogP contribution in [0, 0.1) is 0 Å². The summed E-state index contributed by atoms with van der Waals surface area (Å²) in [6.45, 7) is 3.10. The van der Waals surface area contributed by atoms with Gasteiger partial charge < -0.3 is 10.6 Å². The fraction of sp³-hybridized carbons (Fsp3) is 0.167. The van der Waals surface area contributed by atoms with Gasteiger partial charge in [-0.2, -0.15) is 18.3 Å². The molecule has 0 spiro atoms. The number of hydrazone groups is 1. The number of hydrogen-bond donors (Lipinski definition) is 3. The van der Waals surface area contributed by atoms with Crippen molar-refractivity contribution in [2.75, 3.05) is 10.6 Å². The van der Waals surface area contributed by atoms with Crippen molar-refractivity contribution in [1.82, 2.24) is 5.43 Å². The van der Waals surface area contributed by atoms with E-state index in [9.17, 15) is 18.0 Å². The number of alkyl halides is 3. The fourth-order valence-electron chi connectivity index (χ4n) is 2.21. The Kier molecular flexibility index (Phi) is 6.51. The van der Waals surface area contributed by atoms with E-state index >= 15 is 0 Å². The van der Waals surface area contributed by atoms with Crippen LogP contribution in [0.4, 0.5) is 24.5 Å². The predicted molar refractivity (Wildman–Crippen MR) is 104 cm³/mol. The molecule has 5 nitrogen and oxygen atoms in total. The van der Waals surface area contributed by atoms with E-state index in [1.54, 1.807) is 31.2 Å². The summed E-state index contributed by atoms with van der Waals surface area (Å²) >= 11 is 5.02. The third kappa shape index (κ3) is 6.07. The van der Waals surface area contributed by atoms with Crippen LogP contribution in [-0.4, -0.2) is 16.7 Å². The first-order chi connectivity index (χ1) is 12.7. The van der Waals surface area contributed by atoms with Crippen LogP contribution in [0.2, 0.25) is 0 Å². The average Bonchev–Trinajstić information content (AvgIpc) is 2.59. The Bertz CT molecular complexity index is 881. The summed E-state index contributed by atoms with van der Waals surface area (Å²) < 4.78 is 39.0. The molecular weight excluding hydrogens is 377 g/mol. The van der Waals surface area contributed by atoms with E-state index in [0.717, 1.165) is 6.07 Å². The lowest BCUT2D eigenvalue weighted by atomic mass is 10.1. The number of anilines is 2. The Morgan fingerprint density at radius 2 is 1.74 bits per heavy atom. The van der Waals surface area contributed by atoms with Crippen LogP contribution in [0.15, 0.2) is 53.6 Å². The lowest BCUT2D eigenvalue weighted by Crippen LogP contribution is -2.26. The molecule has 0 bridgehead atoms. The largest absolute Gasteiger partial charge is 0.418 e. The number of benzene rings is 2. The van der Waals surface area contributed by atoms with Gasteiger partial charge in [-0.15, -0.1) is 0 Å². The summed E-state index contributed by atoms with van der Waals surface area (Å²) in [5.41, 5.74) is 3.39. The molecule has 2 aromatic carbocycles. The Labute approximate surface area is 159 Å². The van der Waals surface area contributed by atoms with Crippen molar-refractivity contribution in [3.63, 3.8) is 0 Å². The summed E-state index contributed by atoms with van der Waals surface area (Å²) in [6, 6.07) is 12.0. The minimum Gasteiger partial charge on any atom is -0.331 e. The Morgan fingerprint density at radius 3 is 2.41 bits per heavy atom. The van der Waals surface area contributed by atoms with Gasteiger partial charge in [0.05, 0.1) is 17.0 Å². The number of halogens is 3. The molecule has 0 atom stereocenters. The zero-order chi connectivity index (χ0) is 20.0. The first-order valence-electron chi connectivity index (χ1n) is 7.82. The van der Waals surface area contributed by atoms with Crippen LogP contribution in [0.1, 0.15) is 25.0 Å². The second-order valence-corrected chi connectivity index (χ2v) is 5.98. The maximum absolute atomic E-state index is 13.0. The Hall–Kier alpha value is -2.94. The van der Waals surface area contributed by atoms with E-state index in [4.69, 9.17) is 12.2 Å². The van der Waals surface area contributed by atoms with Gasteiger partial charge in [0.25, 0.3) is 0 Å². The molecular formula is C18H17F3N4OS. The summed E-state index contributed by atoms with van der Waals surface area (Å²) in [4.78, 5) is 11.1. The second kappa shape index (κ2) is 8.63. The number of rotatable bonds is 4. The van der Waals surface area contributed by atoms with Crippen molar-refractivity contribution < 1.29 is 18.0 Å². The molecule has 1 amide bonds. The molecule has 0 aliphatic heterocycles. The summed E-state index contributed by atoms with van der Waals surface area (Å²) in [5, 5.41) is 9.15. The number of amides is 1.